The summed E-state index contributed by atoms with van der Waals surface area (Å²) in [6.07, 6.45) is 2.63. The molecule has 6 heteroatoms. The summed E-state index contributed by atoms with van der Waals surface area (Å²) in [5.41, 5.74) is -0.701. The molecular weight excluding hydrogens is 264 g/mol. The van der Waals surface area contributed by atoms with Crippen molar-refractivity contribution in [1.29, 1.82) is 0 Å². The predicted octanol–water partition coefficient (Wildman–Crippen LogP) is 2.58. The van der Waals surface area contributed by atoms with Crippen LogP contribution in [0.2, 0.25) is 6.04 Å². The molecule has 0 aromatic heterocycles. The van der Waals surface area contributed by atoms with Crippen molar-refractivity contribution in [2.24, 2.45) is 0 Å². The van der Waals surface area contributed by atoms with Gasteiger partial charge in [0.2, 0.25) is 5.41 Å². The van der Waals surface area contributed by atoms with Gasteiger partial charge in [0.1, 0.15) is 6.79 Å². The minimum Gasteiger partial charge on any atom is -0.395 e. The lowest BCUT2D eigenvalue weighted by molar-refractivity contribution is -0.241. The molecule has 0 spiro atoms. The maximum atomic E-state index is 6.04. The van der Waals surface area contributed by atoms with Crippen LogP contribution in [0.15, 0.2) is 0 Å². The van der Waals surface area contributed by atoms with Gasteiger partial charge in [-0.1, -0.05) is 20.3 Å². The van der Waals surface area contributed by atoms with Crippen LogP contribution >= 0.6 is 0 Å². The van der Waals surface area contributed by atoms with Gasteiger partial charge in [-0.3, -0.25) is 0 Å². The van der Waals surface area contributed by atoms with Crippen molar-refractivity contribution in [1.82, 2.24) is 0 Å². The number of rotatable bonds is 9. The van der Waals surface area contributed by atoms with Crippen molar-refractivity contribution < 1.29 is 23.1 Å². The van der Waals surface area contributed by atoms with E-state index in [1.165, 1.54) is 0 Å². The van der Waals surface area contributed by atoms with E-state index < -0.39 is 14.0 Å². The fourth-order valence-corrected chi connectivity index (χ4v) is 6.00. The molecule has 1 heterocycles. The first-order chi connectivity index (χ1) is 9.20. The summed E-state index contributed by atoms with van der Waals surface area (Å²) < 4.78 is 29.2. The van der Waals surface area contributed by atoms with Crippen LogP contribution < -0.4 is 0 Å². The average Bonchev–Trinajstić information content (AvgIpc) is 2.47. The molecule has 0 radical (unpaired) electrons. The van der Waals surface area contributed by atoms with E-state index in [9.17, 15) is 0 Å². The molecule has 0 bridgehead atoms. The third-order valence-electron chi connectivity index (χ3n) is 3.49. The molecule has 0 amide bonds. The summed E-state index contributed by atoms with van der Waals surface area (Å²) in [5, 5.41) is 0. The average molecular weight is 292 g/mol. The zero-order valence-corrected chi connectivity index (χ0v) is 13.7. The molecular formula is C13H28O5Si. The fourth-order valence-electron chi connectivity index (χ4n) is 2.51. The Morgan fingerprint density at radius 2 is 1.84 bits per heavy atom. The molecule has 1 atom stereocenters. The largest absolute Gasteiger partial charge is 0.401 e. The summed E-state index contributed by atoms with van der Waals surface area (Å²) in [7, 11) is -0.925. The number of hydrogen-bond acceptors (Lipinski definition) is 5. The Balaban J connectivity index is 2.89. The molecule has 0 aromatic carbocycles. The van der Waals surface area contributed by atoms with Crippen LogP contribution in [0.1, 0.15) is 40.0 Å². The molecule has 0 saturated carbocycles. The van der Waals surface area contributed by atoms with Gasteiger partial charge in [0.15, 0.2) is 0 Å². The third kappa shape index (κ3) is 3.77. The molecule has 1 aliphatic rings. The molecule has 0 aliphatic carbocycles. The van der Waals surface area contributed by atoms with Crippen molar-refractivity contribution in [3.05, 3.63) is 0 Å². The molecule has 1 fully saturated rings. The maximum absolute atomic E-state index is 6.04. The summed E-state index contributed by atoms with van der Waals surface area (Å²) in [5.74, 6) is 0. The zero-order chi connectivity index (χ0) is 14.2. The SMILES string of the molecule is CCC[Si](OC)(OCOCC)C1(CC)OCCCO1. The van der Waals surface area contributed by atoms with Crippen LogP contribution in [0.5, 0.6) is 0 Å². The Morgan fingerprint density at radius 1 is 1.16 bits per heavy atom. The monoisotopic (exact) mass is 292 g/mol. The number of hydrogen-bond donors (Lipinski definition) is 0. The van der Waals surface area contributed by atoms with E-state index in [-0.39, 0.29) is 6.79 Å². The van der Waals surface area contributed by atoms with Gasteiger partial charge < -0.3 is 23.1 Å². The van der Waals surface area contributed by atoms with Crippen LogP contribution in [0, 0.1) is 0 Å². The van der Waals surface area contributed by atoms with Gasteiger partial charge in [-0.2, -0.15) is 0 Å². The van der Waals surface area contributed by atoms with Gasteiger partial charge in [-0.25, -0.2) is 0 Å². The molecule has 1 unspecified atom stereocenters. The van der Waals surface area contributed by atoms with Crippen molar-refractivity contribution >= 4 is 8.56 Å². The van der Waals surface area contributed by atoms with Crippen LogP contribution in [0.4, 0.5) is 0 Å². The van der Waals surface area contributed by atoms with E-state index in [0.717, 1.165) is 25.3 Å². The second-order valence-corrected chi connectivity index (χ2v) is 8.08. The van der Waals surface area contributed by atoms with Gasteiger partial charge >= 0.3 is 8.56 Å². The molecule has 114 valence electrons. The van der Waals surface area contributed by atoms with Crippen molar-refractivity contribution in [2.45, 2.75) is 51.5 Å². The summed E-state index contributed by atoms with van der Waals surface area (Å²) in [4.78, 5) is 0. The Hall–Kier alpha value is 0.0169. The molecule has 5 nitrogen and oxygen atoms in total. The standard InChI is InChI=1S/C13H28O5Si/c1-5-11-19(14-4,18-12-15-7-3)13(6-2)16-9-8-10-17-13/h5-12H2,1-4H3. The molecule has 1 rings (SSSR count). The normalized spacial score (nSPS) is 22.1. The first-order valence-corrected chi connectivity index (χ1v) is 9.27. The van der Waals surface area contributed by atoms with Crippen LogP contribution in [-0.4, -0.2) is 47.7 Å². The van der Waals surface area contributed by atoms with Gasteiger partial charge in [0.05, 0.1) is 13.2 Å². The van der Waals surface area contributed by atoms with Gasteiger partial charge in [-0.15, -0.1) is 0 Å². The van der Waals surface area contributed by atoms with E-state index >= 15 is 0 Å². The lowest BCUT2D eigenvalue weighted by Crippen LogP contribution is -2.66. The Morgan fingerprint density at radius 3 is 2.32 bits per heavy atom. The molecule has 0 aromatic rings. The van der Waals surface area contributed by atoms with Crippen molar-refractivity contribution in [3.63, 3.8) is 0 Å². The van der Waals surface area contributed by atoms with Crippen molar-refractivity contribution in [3.8, 4) is 0 Å². The fraction of sp³-hybridized carbons (Fsp3) is 1.00. The van der Waals surface area contributed by atoms with Gasteiger partial charge in [0, 0.05) is 20.1 Å². The van der Waals surface area contributed by atoms with E-state index in [4.69, 9.17) is 23.1 Å². The van der Waals surface area contributed by atoms with E-state index in [1.807, 2.05) is 6.92 Å². The smallest absolute Gasteiger partial charge is 0.395 e. The van der Waals surface area contributed by atoms with Gasteiger partial charge in [0.25, 0.3) is 0 Å². The Bertz CT molecular complexity index is 245. The van der Waals surface area contributed by atoms with Crippen LogP contribution in [0.25, 0.3) is 0 Å². The quantitative estimate of drug-likeness (QED) is 0.371. The first-order valence-electron chi connectivity index (χ1n) is 7.25. The van der Waals surface area contributed by atoms with Crippen molar-refractivity contribution in [2.75, 3.05) is 33.7 Å². The highest BCUT2D eigenvalue weighted by atomic mass is 28.4. The third-order valence-corrected chi connectivity index (χ3v) is 7.70. The Labute approximate surface area is 117 Å². The molecule has 1 aliphatic heterocycles. The summed E-state index contributed by atoms with van der Waals surface area (Å²) >= 11 is 0. The lowest BCUT2D eigenvalue weighted by Gasteiger charge is -2.46. The van der Waals surface area contributed by atoms with E-state index in [2.05, 4.69) is 13.8 Å². The number of ether oxygens (including phenoxy) is 3. The molecule has 19 heavy (non-hydrogen) atoms. The lowest BCUT2D eigenvalue weighted by atomic mass is 10.4. The molecule has 0 N–H and O–H groups in total. The second-order valence-electron chi connectivity index (χ2n) is 4.62. The van der Waals surface area contributed by atoms with E-state index in [1.54, 1.807) is 7.11 Å². The molecule has 1 saturated heterocycles. The van der Waals surface area contributed by atoms with Gasteiger partial charge in [-0.05, 0) is 19.4 Å². The minimum absolute atomic E-state index is 0.241. The predicted molar refractivity (Wildman–Crippen MR) is 75.0 cm³/mol. The topological polar surface area (TPSA) is 46.2 Å². The minimum atomic E-state index is -2.63. The highest BCUT2D eigenvalue weighted by Gasteiger charge is 2.59. The zero-order valence-electron chi connectivity index (χ0n) is 12.7. The summed E-state index contributed by atoms with van der Waals surface area (Å²) in [6.45, 7) is 8.40. The maximum Gasteiger partial charge on any atom is 0.401 e. The first kappa shape index (κ1) is 17.1. The van der Waals surface area contributed by atoms with Crippen LogP contribution in [-0.2, 0) is 23.1 Å². The van der Waals surface area contributed by atoms with Crippen LogP contribution in [0.3, 0.4) is 0 Å². The summed E-state index contributed by atoms with van der Waals surface area (Å²) in [6, 6.07) is 0.838. The second kappa shape index (κ2) is 8.34. The van der Waals surface area contributed by atoms with E-state index in [0.29, 0.717) is 19.8 Å². The highest BCUT2D eigenvalue weighted by Crippen LogP contribution is 2.37. The highest BCUT2D eigenvalue weighted by molar-refractivity contribution is 6.70. The Kier molecular flexibility index (Phi) is 7.49.